The van der Waals surface area contributed by atoms with Gasteiger partial charge in [-0.05, 0) is 37.6 Å². The second kappa shape index (κ2) is 10.2. The summed E-state index contributed by atoms with van der Waals surface area (Å²) < 4.78 is 0. The molecule has 5 nitrogen and oxygen atoms in total. The predicted octanol–water partition coefficient (Wildman–Crippen LogP) is 6.33. The first kappa shape index (κ1) is 24.0. The van der Waals surface area contributed by atoms with Gasteiger partial charge in [0.15, 0.2) is 11.1 Å². The average molecular weight is 483 g/mol. The lowest BCUT2D eigenvalue weighted by molar-refractivity contribution is 1.06. The van der Waals surface area contributed by atoms with E-state index in [4.69, 9.17) is 22.3 Å². The Balaban J connectivity index is 0.00000160. The van der Waals surface area contributed by atoms with Crippen molar-refractivity contribution in [1.29, 1.82) is 0 Å². The smallest absolute Gasteiger partial charge is 0.195 e. The Labute approximate surface area is 196 Å². The number of aliphatic imine (C=N–C) groups is 1. The van der Waals surface area contributed by atoms with Crippen molar-refractivity contribution in [3.8, 4) is 11.3 Å². The van der Waals surface area contributed by atoms with Gasteiger partial charge in [-0.15, -0.1) is 36.2 Å². The Morgan fingerprint density at radius 1 is 1.17 bits per heavy atom. The monoisotopic (exact) mass is 481 g/mol. The molecule has 0 saturated heterocycles. The molecule has 2 aromatic heterocycles. The fraction of sp³-hybridized carbons (Fsp3) is 0.143. The molecule has 4 rings (SSSR count). The number of fused-ring (bicyclic) bond motifs is 1. The zero-order valence-corrected chi connectivity index (χ0v) is 19.6. The van der Waals surface area contributed by atoms with Gasteiger partial charge in [-0.3, -0.25) is 0 Å². The lowest BCUT2D eigenvalue weighted by atomic mass is 10.1. The molecule has 0 unspecified atom stereocenters. The Bertz CT molecular complexity index is 1170. The van der Waals surface area contributed by atoms with E-state index in [2.05, 4.69) is 22.2 Å². The van der Waals surface area contributed by atoms with Crippen LogP contribution in [0.1, 0.15) is 16.1 Å². The molecule has 9 heteroatoms. The first-order valence-corrected chi connectivity index (χ1v) is 10.1. The van der Waals surface area contributed by atoms with Gasteiger partial charge in [0.1, 0.15) is 0 Å². The van der Waals surface area contributed by atoms with Gasteiger partial charge in [-0.1, -0.05) is 41.9 Å². The summed E-state index contributed by atoms with van der Waals surface area (Å²) in [6.45, 7) is 4.63. The van der Waals surface area contributed by atoms with E-state index in [1.54, 1.807) is 11.3 Å². The number of aromatic nitrogens is 2. The van der Waals surface area contributed by atoms with Crippen LogP contribution in [0.3, 0.4) is 0 Å². The minimum atomic E-state index is 0. The lowest BCUT2D eigenvalue weighted by Crippen LogP contribution is -2.22. The summed E-state index contributed by atoms with van der Waals surface area (Å²) in [7, 11) is 0. The van der Waals surface area contributed by atoms with E-state index in [-0.39, 0.29) is 24.8 Å². The topological polar surface area (TPSA) is 79.1 Å². The molecule has 4 aromatic rings. The fourth-order valence-corrected chi connectivity index (χ4v) is 4.19. The number of anilines is 1. The number of rotatable bonds is 4. The van der Waals surface area contributed by atoms with Gasteiger partial charge < -0.3 is 16.0 Å². The van der Waals surface area contributed by atoms with Gasteiger partial charge in [0, 0.05) is 32.1 Å². The number of benzene rings is 2. The summed E-state index contributed by atoms with van der Waals surface area (Å²) in [6, 6.07) is 15.8. The highest BCUT2D eigenvalue weighted by atomic mass is 35.5. The molecule has 0 spiro atoms. The molecule has 30 heavy (non-hydrogen) atoms. The van der Waals surface area contributed by atoms with E-state index in [1.807, 2.05) is 55.5 Å². The number of hydrogen-bond donors (Lipinski definition) is 3. The van der Waals surface area contributed by atoms with Crippen LogP contribution >= 0.6 is 47.8 Å². The summed E-state index contributed by atoms with van der Waals surface area (Å²) >= 11 is 7.76. The standard InChI is InChI=1S/C21H20ClN5S.2ClH/c1-12-18(16-10-15(22)8-9-17(16)25-12)19-13(2)28-21(26-19)27-20(23)24-11-14-6-4-3-5-7-14;;/h3-10,25H,11H2,1-2H3,(H3,23,24,26,27);2*1H. The molecule has 4 N–H and O–H groups in total. The molecule has 0 fully saturated rings. The lowest BCUT2D eigenvalue weighted by Gasteiger charge is -2.02. The molecule has 0 atom stereocenters. The first-order chi connectivity index (χ1) is 13.5. The van der Waals surface area contributed by atoms with Gasteiger partial charge in [-0.25, -0.2) is 9.98 Å². The van der Waals surface area contributed by atoms with E-state index in [1.165, 1.54) is 0 Å². The van der Waals surface area contributed by atoms with Crippen LogP contribution in [0, 0.1) is 13.8 Å². The summed E-state index contributed by atoms with van der Waals surface area (Å²) in [6.07, 6.45) is 0. The van der Waals surface area contributed by atoms with Crippen molar-refractivity contribution in [3.05, 3.63) is 69.7 Å². The van der Waals surface area contributed by atoms with Crippen LogP contribution in [0.4, 0.5) is 5.13 Å². The third-order valence-electron chi connectivity index (χ3n) is 4.49. The number of nitrogens with one attached hydrogen (secondary N) is 2. The third-order valence-corrected chi connectivity index (χ3v) is 5.61. The molecular formula is C21H22Cl3N5S. The Morgan fingerprint density at radius 2 is 1.90 bits per heavy atom. The van der Waals surface area contributed by atoms with Crippen molar-refractivity contribution in [2.75, 3.05) is 5.32 Å². The number of aryl methyl sites for hydroxylation is 2. The second-order valence-electron chi connectivity index (χ2n) is 6.55. The number of nitrogens with zero attached hydrogens (tertiary/aromatic N) is 2. The summed E-state index contributed by atoms with van der Waals surface area (Å²) in [5, 5.41) is 5.60. The molecule has 0 aliphatic carbocycles. The number of hydrogen-bond acceptors (Lipinski definition) is 3. The van der Waals surface area contributed by atoms with Crippen LogP contribution < -0.4 is 11.1 Å². The van der Waals surface area contributed by atoms with E-state index < -0.39 is 0 Å². The number of guanidine groups is 1. The van der Waals surface area contributed by atoms with Gasteiger partial charge >= 0.3 is 0 Å². The molecule has 158 valence electrons. The Kier molecular flexibility index (Phi) is 8.15. The van der Waals surface area contributed by atoms with Crippen LogP contribution in [0.2, 0.25) is 5.02 Å². The maximum Gasteiger partial charge on any atom is 0.195 e. The van der Waals surface area contributed by atoms with Gasteiger partial charge in [0.25, 0.3) is 0 Å². The number of nitrogens with two attached hydrogens (primary N) is 1. The first-order valence-electron chi connectivity index (χ1n) is 8.88. The molecule has 0 aliphatic rings. The van der Waals surface area contributed by atoms with Crippen molar-refractivity contribution in [1.82, 2.24) is 9.97 Å². The quantitative estimate of drug-likeness (QED) is 0.235. The number of halogens is 3. The fourth-order valence-electron chi connectivity index (χ4n) is 3.19. The Hall–Kier alpha value is -2.25. The predicted molar refractivity (Wildman–Crippen MR) is 134 cm³/mol. The second-order valence-corrected chi connectivity index (χ2v) is 8.19. The normalized spacial score (nSPS) is 11.1. The minimum Gasteiger partial charge on any atom is -0.370 e. The molecule has 0 radical (unpaired) electrons. The summed E-state index contributed by atoms with van der Waals surface area (Å²) in [5.74, 6) is 0.350. The zero-order valence-electron chi connectivity index (χ0n) is 16.4. The van der Waals surface area contributed by atoms with Crippen LogP contribution in [0.25, 0.3) is 22.2 Å². The van der Waals surface area contributed by atoms with Crippen LogP contribution in [0.15, 0.2) is 53.5 Å². The van der Waals surface area contributed by atoms with Crippen molar-refractivity contribution < 1.29 is 0 Å². The van der Waals surface area contributed by atoms with Crippen LogP contribution in [-0.2, 0) is 6.54 Å². The summed E-state index contributed by atoms with van der Waals surface area (Å²) in [4.78, 5) is 13.7. The zero-order chi connectivity index (χ0) is 19.7. The minimum absolute atomic E-state index is 0. The molecule has 2 aromatic carbocycles. The van der Waals surface area contributed by atoms with Gasteiger partial charge in [-0.2, -0.15) is 0 Å². The summed E-state index contributed by atoms with van der Waals surface area (Å²) in [5.41, 5.74) is 11.3. The maximum absolute atomic E-state index is 6.21. The molecule has 0 bridgehead atoms. The van der Waals surface area contributed by atoms with Crippen LogP contribution in [0.5, 0.6) is 0 Å². The SMILES string of the molecule is Cc1[nH]c2ccc(Cl)cc2c1-c1nc(NC(N)=NCc2ccccc2)sc1C.Cl.Cl. The van der Waals surface area contributed by atoms with Crippen molar-refractivity contribution in [2.45, 2.75) is 20.4 Å². The van der Waals surface area contributed by atoms with E-state index in [0.717, 1.165) is 43.4 Å². The molecule has 2 heterocycles. The highest BCUT2D eigenvalue weighted by Gasteiger charge is 2.17. The number of thiazole rings is 1. The highest BCUT2D eigenvalue weighted by molar-refractivity contribution is 7.16. The average Bonchev–Trinajstić information content (AvgIpc) is 3.18. The van der Waals surface area contributed by atoms with Gasteiger partial charge in [0.05, 0.1) is 12.2 Å². The molecule has 0 amide bonds. The number of aromatic amines is 1. The van der Waals surface area contributed by atoms with Crippen LogP contribution in [-0.4, -0.2) is 15.9 Å². The van der Waals surface area contributed by atoms with Crippen molar-refractivity contribution in [3.63, 3.8) is 0 Å². The Morgan fingerprint density at radius 3 is 2.63 bits per heavy atom. The van der Waals surface area contributed by atoms with Gasteiger partial charge in [0.2, 0.25) is 0 Å². The maximum atomic E-state index is 6.21. The van der Waals surface area contributed by atoms with E-state index in [9.17, 15) is 0 Å². The number of H-pyrrole nitrogens is 1. The molecular weight excluding hydrogens is 461 g/mol. The third kappa shape index (κ3) is 5.08. The highest BCUT2D eigenvalue weighted by Crippen LogP contribution is 2.37. The van der Waals surface area contributed by atoms with E-state index >= 15 is 0 Å². The largest absolute Gasteiger partial charge is 0.370 e. The van der Waals surface area contributed by atoms with Crippen molar-refractivity contribution in [2.24, 2.45) is 10.7 Å². The van der Waals surface area contributed by atoms with Crippen molar-refractivity contribution >= 4 is 69.7 Å². The molecule has 0 saturated carbocycles. The molecule has 0 aliphatic heterocycles. The van der Waals surface area contributed by atoms with E-state index in [0.29, 0.717) is 17.5 Å².